The first kappa shape index (κ1) is 36.5. The maximum absolute atomic E-state index is 5.53. The fourth-order valence-corrected chi connectivity index (χ4v) is 10.8. The highest BCUT2D eigenvalue weighted by Crippen LogP contribution is 2.50. The van der Waals surface area contributed by atoms with Crippen molar-refractivity contribution in [3.05, 3.63) is 223 Å². The van der Waals surface area contributed by atoms with Crippen molar-refractivity contribution in [1.29, 1.82) is 0 Å². The van der Waals surface area contributed by atoms with E-state index >= 15 is 0 Å². The lowest BCUT2D eigenvalue weighted by molar-refractivity contribution is 0.660. The third-order valence-electron chi connectivity index (χ3n) is 13.8. The molecule has 0 unspecified atom stereocenters. The molecule has 0 saturated carbocycles. The fraction of sp³-hybridized carbons (Fsp3) is 0.0492. The number of fused-ring (bicyclic) bond motifs is 12. The van der Waals surface area contributed by atoms with Gasteiger partial charge >= 0.3 is 0 Å². The van der Waals surface area contributed by atoms with Crippen LogP contribution in [0, 0.1) is 0 Å². The van der Waals surface area contributed by atoms with E-state index in [4.69, 9.17) is 9.97 Å². The van der Waals surface area contributed by atoms with Crippen molar-refractivity contribution in [2.24, 2.45) is 0 Å². The Morgan fingerprint density at radius 3 is 1.66 bits per heavy atom. The smallest absolute Gasteiger partial charge is 0.235 e. The van der Waals surface area contributed by atoms with Crippen LogP contribution in [0.1, 0.15) is 25.0 Å². The SMILES string of the molecule is CC1(C)c2ccccc2-c2ccc(-c3cccc(-c4cccc(-c5cccc6c7c8ccccc8c8ccccc8c7n(-c7nc(-c8ccccc8)c8ccccc8n7)c56)c4)c3)cc21. The molecular weight excluding hydrogens is 775 g/mol. The van der Waals surface area contributed by atoms with Gasteiger partial charge in [0.15, 0.2) is 0 Å². The highest BCUT2D eigenvalue weighted by Gasteiger charge is 2.35. The Bertz CT molecular complexity index is 3870. The zero-order chi connectivity index (χ0) is 42.5. The van der Waals surface area contributed by atoms with Crippen LogP contribution in [0.15, 0.2) is 212 Å². The summed E-state index contributed by atoms with van der Waals surface area (Å²) in [6.07, 6.45) is 0. The Hall–Kier alpha value is -8.14. The third kappa shape index (κ3) is 5.41. The topological polar surface area (TPSA) is 30.7 Å². The van der Waals surface area contributed by atoms with Gasteiger partial charge in [0.2, 0.25) is 5.95 Å². The maximum Gasteiger partial charge on any atom is 0.235 e. The molecule has 0 saturated heterocycles. The van der Waals surface area contributed by atoms with Crippen LogP contribution < -0.4 is 0 Å². The quantitative estimate of drug-likeness (QED) is 0.162. The molecular formula is C61H41N3. The second-order valence-corrected chi connectivity index (χ2v) is 17.7. The first-order valence-electron chi connectivity index (χ1n) is 22.2. The second kappa shape index (κ2) is 13.9. The van der Waals surface area contributed by atoms with Crippen molar-refractivity contribution < 1.29 is 0 Å². The second-order valence-electron chi connectivity index (χ2n) is 17.7. The molecule has 0 radical (unpaired) electrons. The standard InChI is InChI=1S/C61H41N3/c1-61(2)53-31-12-10-25-47(53)48-34-33-42(37-54(48)61)40-20-14-19-39(35-40)41-21-15-22-43(36-41)44-29-16-30-52-56-49-26-8-6-23-45(49)46-24-7-9-27-50(46)59(56)64(58(44)52)60-62-55-32-13-11-28-51(55)57(63-60)38-17-4-3-5-18-38/h3-37H,1-2H3. The van der Waals surface area contributed by atoms with Crippen LogP contribution in [-0.4, -0.2) is 14.5 Å². The van der Waals surface area contributed by atoms with E-state index < -0.39 is 0 Å². The van der Waals surface area contributed by atoms with Gasteiger partial charge in [-0.2, -0.15) is 0 Å². The summed E-state index contributed by atoms with van der Waals surface area (Å²) in [5.74, 6) is 0.648. The Kier molecular flexibility index (Phi) is 7.95. The molecule has 13 rings (SSSR count). The molecule has 0 bridgehead atoms. The molecule has 300 valence electrons. The van der Waals surface area contributed by atoms with Gasteiger partial charge in [0, 0.05) is 38.1 Å². The van der Waals surface area contributed by atoms with Gasteiger partial charge in [-0.05, 0) is 90.5 Å². The molecule has 2 aromatic heterocycles. The Morgan fingerprint density at radius 2 is 0.875 bits per heavy atom. The van der Waals surface area contributed by atoms with Crippen molar-refractivity contribution >= 4 is 54.3 Å². The molecule has 64 heavy (non-hydrogen) atoms. The summed E-state index contributed by atoms with van der Waals surface area (Å²) >= 11 is 0. The van der Waals surface area contributed by atoms with Gasteiger partial charge in [-0.15, -0.1) is 0 Å². The number of aromatic nitrogens is 3. The van der Waals surface area contributed by atoms with Crippen LogP contribution in [0.5, 0.6) is 0 Å². The van der Waals surface area contributed by atoms with Gasteiger partial charge in [-0.3, -0.25) is 4.57 Å². The van der Waals surface area contributed by atoms with Gasteiger partial charge < -0.3 is 0 Å². The summed E-state index contributed by atoms with van der Waals surface area (Å²) in [7, 11) is 0. The van der Waals surface area contributed by atoms with Crippen LogP contribution >= 0.6 is 0 Å². The number of benzene rings is 10. The van der Waals surface area contributed by atoms with Crippen molar-refractivity contribution in [2.75, 3.05) is 0 Å². The van der Waals surface area contributed by atoms with E-state index in [0.29, 0.717) is 5.95 Å². The third-order valence-corrected chi connectivity index (χ3v) is 13.8. The van der Waals surface area contributed by atoms with Crippen molar-refractivity contribution in [2.45, 2.75) is 19.3 Å². The Balaban J connectivity index is 1.04. The Labute approximate surface area is 371 Å². The lowest BCUT2D eigenvalue weighted by Crippen LogP contribution is -2.14. The minimum atomic E-state index is -0.0586. The monoisotopic (exact) mass is 815 g/mol. The van der Waals surface area contributed by atoms with Crippen LogP contribution in [-0.2, 0) is 5.41 Å². The average Bonchev–Trinajstić information content (AvgIpc) is 3.83. The van der Waals surface area contributed by atoms with Crippen LogP contribution in [0.2, 0.25) is 0 Å². The first-order valence-corrected chi connectivity index (χ1v) is 22.2. The normalized spacial score (nSPS) is 13.0. The zero-order valence-corrected chi connectivity index (χ0v) is 35.5. The minimum Gasteiger partial charge on any atom is -0.277 e. The lowest BCUT2D eigenvalue weighted by atomic mass is 9.81. The van der Waals surface area contributed by atoms with E-state index in [1.807, 2.05) is 0 Å². The van der Waals surface area contributed by atoms with Gasteiger partial charge in [0.1, 0.15) is 0 Å². The van der Waals surface area contributed by atoms with E-state index in [9.17, 15) is 0 Å². The van der Waals surface area contributed by atoms with Gasteiger partial charge in [0.05, 0.1) is 22.2 Å². The summed E-state index contributed by atoms with van der Waals surface area (Å²) in [5, 5.41) is 8.22. The number of rotatable bonds is 5. The molecule has 1 aliphatic carbocycles. The number of hydrogen-bond acceptors (Lipinski definition) is 2. The van der Waals surface area contributed by atoms with Crippen LogP contribution in [0.25, 0.3) is 116 Å². The molecule has 0 spiro atoms. The van der Waals surface area contributed by atoms with E-state index in [0.717, 1.165) is 49.9 Å². The lowest BCUT2D eigenvalue weighted by Gasteiger charge is -2.22. The Morgan fingerprint density at radius 1 is 0.344 bits per heavy atom. The van der Waals surface area contributed by atoms with Gasteiger partial charge in [0.25, 0.3) is 0 Å². The molecule has 0 amide bonds. The minimum absolute atomic E-state index is 0.0586. The summed E-state index contributed by atoms with van der Waals surface area (Å²) in [5.41, 5.74) is 17.5. The first-order chi connectivity index (χ1) is 31.5. The molecule has 1 aliphatic rings. The molecule has 0 N–H and O–H groups in total. The van der Waals surface area contributed by atoms with E-state index in [-0.39, 0.29) is 5.41 Å². The summed E-state index contributed by atoms with van der Waals surface area (Å²) in [6, 6.07) is 77.2. The van der Waals surface area contributed by atoms with Gasteiger partial charge in [-0.25, -0.2) is 9.97 Å². The molecule has 2 heterocycles. The molecule has 0 aliphatic heterocycles. The van der Waals surface area contributed by atoms with Crippen molar-refractivity contribution in [1.82, 2.24) is 14.5 Å². The van der Waals surface area contributed by atoms with Crippen molar-refractivity contribution in [3.8, 4) is 61.7 Å². The van der Waals surface area contributed by atoms with Crippen molar-refractivity contribution in [3.63, 3.8) is 0 Å². The molecule has 0 fully saturated rings. The van der Waals surface area contributed by atoms with E-state index in [1.165, 1.54) is 71.3 Å². The fourth-order valence-electron chi connectivity index (χ4n) is 10.8. The van der Waals surface area contributed by atoms with Crippen LogP contribution in [0.4, 0.5) is 0 Å². The maximum atomic E-state index is 5.53. The van der Waals surface area contributed by atoms with Gasteiger partial charge in [-0.1, -0.05) is 202 Å². The zero-order valence-electron chi connectivity index (χ0n) is 35.5. The van der Waals surface area contributed by atoms with Crippen LogP contribution in [0.3, 0.4) is 0 Å². The highest BCUT2D eigenvalue weighted by atomic mass is 15.2. The largest absolute Gasteiger partial charge is 0.277 e. The predicted octanol–water partition coefficient (Wildman–Crippen LogP) is 16.0. The molecule has 12 aromatic rings. The molecule has 0 atom stereocenters. The summed E-state index contributed by atoms with van der Waals surface area (Å²) in [4.78, 5) is 11.0. The molecule has 3 heteroatoms. The van der Waals surface area contributed by atoms with E-state index in [2.05, 4.69) is 231 Å². The highest BCUT2D eigenvalue weighted by molar-refractivity contribution is 6.33. The molecule has 10 aromatic carbocycles. The number of nitrogens with zero attached hydrogens (tertiary/aromatic N) is 3. The van der Waals surface area contributed by atoms with E-state index in [1.54, 1.807) is 0 Å². The number of hydrogen-bond donors (Lipinski definition) is 0. The molecule has 3 nitrogen and oxygen atoms in total. The average molecular weight is 816 g/mol. The number of para-hydroxylation sites is 2. The predicted molar refractivity (Wildman–Crippen MR) is 268 cm³/mol. The summed E-state index contributed by atoms with van der Waals surface area (Å²) < 4.78 is 2.36. The summed E-state index contributed by atoms with van der Waals surface area (Å²) in [6.45, 7) is 4.70.